The Hall–Kier alpha value is -3.40. The lowest BCUT2D eigenvalue weighted by atomic mass is 10.1. The Morgan fingerprint density at radius 3 is 2.72 bits per heavy atom. The van der Waals surface area contributed by atoms with Crippen LogP contribution in [0.15, 0.2) is 42.9 Å². The molecule has 0 saturated carbocycles. The standard InChI is InChI=1S/C18H13FN6/c19-14-6-12(9-20)7-15(8-14)25-5-2-16-13(11-25)10-23-18(24-16)17-21-3-1-4-22-17/h1,3-4,6-8,10H,2,5,11H2. The minimum Gasteiger partial charge on any atom is -0.367 e. The first-order chi connectivity index (χ1) is 12.2. The van der Waals surface area contributed by atoms with Crippen molar-refractivity contribution >= 4 is 5.69 Å². The van der Waals surface area contributed by atoms with Gasteiger partial charge < -0.3 is 4.90 Å². The molecule has 0 N–H and O–H groups in total. The molecule has 7 heteroatoms. The lowest BCUT2D eigenvalue weighted by molar-refractivity contribution is 0.624. The van der Waals surface area contributed by atoms with Crippen molar-refractivity contribution in [3.05, 3.63) is 65.5 Å². The van der Waals surface area contributed by atoms with Crippen molar-refractivity contribution in [1.82, 2.24) is 19.9 Å². The van der Waals surface area contributed by atoms with Crippen LogP contribution in [0.3, 0.4) is 0 Å². The maximum atomic E-state index is 13.7. The number of anilines is 1. The molecular weight excluding hydrogens is 319 g/mol. The highest BCUT2D eigenvalue weighted by Crippen LogP contribution is 2.25. The molecule has 1 aliphatic rings. The molecule has 0 fully saturated rings. The average Bonchev–Trinajstić information content (AvgIpc) is 2.67. The van der Waals surface area contributed by atoms with Gasteiger partial charge in [0.15, 0.2) is 11.6 Å². The van der Waals surface area contributed by atoms with E-state index in [1.807, 2.05) is 11.0 Å². The molecule has 0 saturated heterocycles. The molecule has 6 nitrogen and oxygen atoms in total. The van der Waals surface area contributed by atoms with Crippen molar-refractivity contribution in [2.75, 3.05) is 11.4 Å². The van der Waals surface area contributed by atoms with E-state index >= 15 is 0 Å². The van der Waals surface area contributed by atoms with Crippen LogP contribution in [0.2, 0.25) is 0 Å². The quantitative estimate of drug-likeness (QED) is 0.717. The highest BCUT2D eigenvalue weighted by Gasteiger charge is 2.20. The number of rotatable bonds is 2. The number of aromatic nitrogens is 4. The predicted molar refractivity (Wildman–Crippen MR) is 88.9 cm³/mol. The lowest BCUT2D eigenvalue weighted by Gasteiger charge is -2.30. The van der Waals surface area contributed by atoms with Crippen LogP contribution in [0.1, 0.15) is 16.8 Å². The Balaban J connectivity index is 1.62. The van der Waals surface area contributed by atoms with Gasteiger partial charge in [0.2, 0.25) is 0 Å². The SMILES string of the molecule is N#Cc1cc(F)cc(N2CCc3nc(-c4ncccn4)ncc3C2)c1. The lowest BCUT2D eigenvalue weighted by Crippen LogP contribution is -2.31. The normalized spacial score (nSPS) is 13.2. The zero-order chi connectivity index (χ0) is 17.2. The smallest absolute Gasteiger partial charge is 0.197 e. The Bertz CT molecular complexity index is 967. The molecule has 0 spiro atoms. The molecule has 0 atom stereocenters. The van der Waals surface area contributed by atoms with Crippen molar-refractivity contribution in [3.63, 3.8) is 0 Å². The maximum Gasteiger partial charge on any atom is 0.197 e. The summed E-state index contributed by atoms with van der Waals surface area (Å²) in [6.07, 6.45) is 5.79. The Morgan fingerprint density at radius 1 is 1.08 bits per heavy atom. The van der Waals surface area contributed by atoms with Crippen molar-refractivity contribution in [3.8, 4) is 17.7 Å². The van der Waals surface area contributed by atoms with Gasteiger partial charge in [-0.3, -0.25) is 0 Å². The third kappa shape index (κ3) is 3.02. The fourth-order valence-electron chi connectivity index (χ4n) is 2.88. The molecule has 0 radical (unpaired) electrons. The van der Waals surface area contributed by atoms with Crippen LogP contribution < -0.4 is 4.90 Å². The van der Waals surface area contributed by atoms with Gasteiger partial charge >= 0.3 is 0 Å². The second kappa shape index (κ2) is 6.24. The predicted octanol–water partition coefficient (Wildman–Crippen LogP) is 2.51. The van der Waals surface area contributed by atoms with E-state index in [1.165, 1.54) is 12.1 Å². The minimum absolute atomic E-state index is 0.314. The topological polar surface area (TPSA) is 78.6 Å². The molecular formula is C18H13FN6. The van der Waals surface area contributed by atoms with Gasteiger partial charge in [-0.25, -0.2) is 24.3 Å². The van der Waals surface area contributed by atoms with E-state index in [0.717, 1.165) is 11.3 Å². The molecule has 3 heterocycles. The third-order valence-corrected chi connectivity index (χ3v) is 4.08. The number of halogens is 1. The summed E-state index contributed by atoms with van der Waals surface area (Å²) in [4.78, 5) is 19.3. The summed E-state index contributed by atoms with van der Waals surface area (Å²) in [5.41, 5.74) is 2.94. The molecule has 0 aliphatic carbocycles. The van der Waals surface area contributed by atoms with E-state index < -0.39 is 5.82 Å². The van der Waals surface area contributed by atoms with Gasteiger partial charge in [-0.05, 0) is 24.3 Å². The van der Waals surface area contributed by atoms with Crippen molar-refractivity contribution in [2.24, 2.45) is 0 Å². The zero-order valence-electron chi connectivity index (χ0n) is 13.2. The number of fused-ring (bicyclic) bond motifs is 1. The maximum absolute atomic E-state index is 13.7. The fraction of sp³-hybridized carbons (Fsp3) is 0.167. The molecule has 0 bridgehead atoms. The molecule has 1 aliphatic heterocycles. The largest absolute Gasteiger partial charge is 0.367 e. The second-order valence-electron chi connectivity index (χ2n) is 5.72. The van der Waals surface area contributed by atoms with Crippen LogP contribution in [0, 0.1) is 17.1 Å². The van der Waals surface area contributed by atoms with E-state index in [4.69, 9.17) is 5.26 Å². The molecule has 122 valence electrons. The van der Waals surface area contributed by atoms with E-state index in [0.29, 0.717) is 42.4 Å². The summed E-state index contributed by atoms with van der Waals surface area (Å²) in [5.74, 6) is 0.592. The number of nitrogens with zero attached hydrogens (tertiary/aromatic N) is 6. The second-order valence-corrected chi connectivity index (χ2v) is 5.72. The van der Waals surface area contributed by atoms with E-state index in [-0.39, 0.29) is 0 Å². The highest BCUT2D eigenvalue weighted by atomic mass is 19.1. The van der Waals surface area contributed by atoms with Gasteiger partial charge in [0.05, 0.1) is 17.3 Å². The summed E-state index contributed by atoms with van der Waals surface area (Å²) in [5, 5.41) is 9.01. The van der Waals surface area contributed by atoms with Gasteiger partial charge in [-0.15, -0.1) is 0 Å². The number of hydrogen-bond acceptors (Lipinski definition) is 6. The molecule has 0 unspecified atom stereocenters. The Kier molecular flexibility index (Phi) is 3.78. The summed E-state index contributed by atoms with van der Waals surface area (Å²) in [7, 11) is 0. The van der Waals surface area contributed by atoms with Crippen LogP contribution in [0.25, 0.3) is 11.6 Å². The fourth-order valence-corrected chi connectivity index (χ4v) is 2.88. The number of benzene rings is 1. The van der Waals surface area contributed by atoms with Crippen LogP contribution in [-0.2, 0) is 13.0 Å². The summed E-state index contributed by atoms with van der Waals surface area (Å²) < 4.78 is 13.7. The van der Waals surface area contributed by atoms with Crippen molar-refractivity contribution in [2.45, 2.75) is 13.0 Å². The van der Waals surface area contributed by atoms with Crippen LogP contribution >= 0.6 is 0 Å². The average molecular weight is 332 g/mol. The van der Waals surface area contributed by atoms with Gasteiger partial charge in [0.25, 0.3) is 0 Å². The summed E-state index contributed by atoms with van der Waals surface area (Å²) in [6, 6.07) is 8.10. The third-order valence-electron chi connectivity index (χ3n) is 4.08. The first-order valence-corrected chi connectivity index (χ1v) is 7.81. The first kappa shape index (κ1) is 15.1. The molecule has 3 aromatic rings. The molecule has 25 heavy (non-hydrogen) atoms. The Morgan fingerprint density at radius 2 is 1.92 bits per heavy atom. The highest BCUT2D eigenvalue weighted by molar-refractivity contribution is 5.54. The number of hydrogen-bond donors (Lipinski definition) is 0. The van der Waals surface area contributed by atoms with E-state index in [1.54, 1.807) is 30.7 Å². The molecule has 1 aromatic carbocycles. The van der Waals surface area contributed by atoms with Gasteiger partial charge in [-0.2, -0.15) is 5.26 Å². The molecule has 0 amide bonds. The summed E-state index contributed by atoms with van der Waals surface area (Å²) in [6.45, 7) is 1.26. The minimum atomic E-state index is -0.410. The van der Waals surface area contributed by atoms with Crippen LogP contribution in [-0.4, -0.2) is 26.5 Å². The monoisotopic (exact) mass is 332 g/mol. The summed E-state index contributed by atoms with van der Waals surface area (Å²) >= 11 is 0. The van der Waals surface area contributed by atoms with Crippen LogP contribution in [0.4, 0.5) is 10.1 Å². The van der Waals surface area contributed by atoms with Gasteiger partial charge in [0.1, 0.15) is 5.82 Å². The molecule has 4 rings (SSSR count). The van der Waals surface area contributed by atoms with E-state index in [2.05, 4.69) is 19.9 Å². The molecule has 2 aromatic heterocycles. The van der Waals surface area contributed by atoms with Gasteiger partial charge in [0, 0.05) is 49.4 Å². The van der Waals surface area contributed by atoms with Gasteiger partial charge in [-0.1, -0.05) is 0 Å². The zero-order valence-corrected chi connectivity index (χ0v) is 13.2. The van der Waals surface area contributed by atoms with E-state index in [9.17, 15) is 4.39 Å². The number of nitriles is 1. The first-order valence-electron chi connectivity index (χ1n) is 7.81. The van der Waals surface area contributed by atoms with Crippen molar-refractivity contribution < 1.29 is 4.39 Å². The Labute approximate surface area is 143 Å². The van der Waals surface area contributed by atoms with Crippen LogP contribution in [0.5, 0.6) is 0 Å². The van der Waals surface area contributed by atoms with Crippen molar-refractivity contribution in [1.29, 1.82) is 5.26 Å².